The molecule has 2 aromatic rings. The van der Waals surface area contributed by atoms with Crippen molar-refractivity contribution in [1.82, 2.24) is 5.32 Å². The predicted molar refractivity (Wildman–Crippen MR) is 97.3 cm³/mol. The summed E-state index contributed by atoms with van der Waals surface area (Å²) < 4.78 is 66.9. The highest BCUT2D eigenvalue weighted by atomic mass is 32.1. The molecule has 8 heteroatoms. The number of hydrogen-bond donors (Lipinski definition) is 2. The van der Waals surface area contributed by atoms with Crippen molar-refractivity contribution in [3.63, 3.8) is 0 Å². The second kappa shape index (κ2) is 7.42. The molecule has 0 spiro atoms. The molecular formula is C19H17F5N2S. The van der Waals surface area contributed by atoms with Gasteiger partial charge in [0.2, 0.25) is 0 Å². The third-order valence-electron chi connectivity index (χ3n) is 4.75. The highest BCUT2D eigenvalue weighted by Crippen LogP contribution is 2.41. The van der Waals surface area contributed by atoms with E-state index in [2.05, 4.69) is 10.6 Å². The number of rotatable bonds is 3. The third kappa shape index (κ3) is 4.21. The molecule has 0 unspecified atom stereocenters. The summed E-state index contributed by atoms with van der Waals surface area (Å²) in [5.41, 5.74) is -1.50. The lowest BCUT2D eigenvalue weighted by Crippen LogP contribution is -2.46. The molecule has 0 heterocycles. The van der Waals surface area contributed by atoms with Crippen molar-refractivity contribution >= 4 is 23.0 Å². The molecule has 0 saturated heterocycles. The minimum absolute atomic E-state index is 0.0432. The Labute approximate surface area is 158 Å². The summed E-state index contributed by atoms with van der Waals surface area (Å²) in [6, 6.07) is 8.49. The highest BCUT2D eigenvalue weighted by Gasteiger charge is 2.38. The first kappa shape index (κ1) is 19.5. The van der Waals surface area contributed by atoms with E-state index in [9.17, 15) is 22.0 Å². The monoisotopic (exact) mass is 400 g/mol. The summed E-state index contributed by atoms with van der Waals surface area (Å²) in [7, 11) is 0. The predicted octanol–water partition coefficient (Wildman–Crippen LogP) is 5.74. The number of thiocarbonyl (C=S) groups is 1. The van der Waals surface area contributed by atoms with Crippen LogP contribution < -0.4 is 10.6 Å². The van der Waals surface area contributed by atoms with Crippen molar-refractivity contribution in [2.75, 3.05) is 5.32 Å². The SMILES string of the molecule is Fc1cccc(F)c1NC(=S)NC1(c2cccc(C(F)(F)F)c2)CCCC1. The summed E-state index contributed by atoms with van der Waals surface area (Å²) in [6.07, 6.45) is -1.71. The smallest absolute Gasteiger partial charge is 0.353 e. The number of para-hydroxylation sites is 1. The van der Waals surface area contributed by atoms with Crippen molar-refractivity contribution in [1.29, 1.82) is 0 Å². The van der Waals surface area contributed by atoms with Crippen LogP contribution in [0.1, 0.15) is 36.8 Å². The van der Waals surface area contributed by atoms with Gasteiger partial charge in [0.25, 0.3) is 0 Å². The largest absolute Gasteiger partial charge is 0.416 e. The third-order valence-corrected chi connectivity index (χ3v) is 4.96. The summed E-state index contributed by atoms with van der Waals surface area (Å²) in [5.74, 6) is -1.61. The molecule has 1 aliphatic rings. The topological polar surface area (TPSA) is 24.1 Å². The van der Waals surface area contributed by atoms with Gasteiger partial charge in [-0.15, -0.1) is 0 Å². The summed E-state index contributed by atoms with van der Waals surface area (Å²) in [6.45, 7) is 0. The molecule has 3 rings (SSSR count). The van der Waals surface area contributed by atoms with Gasteiger partial charge in [0.1, 0.15) is 17.3 Å². The number of benzene rings is 2. The van der Waals surface area contributed by atoms with Gasteiger partial charge in [0.15, 0.2) is 5.11 Å². The molecule has 0 aliphatic heterocycles. The fraction of sp³-hybridized carbons (Fsp3) is 0.316. The standard InChI is InChI=1S/C19H17F5N2S/c20-14-7-4-8-15(21)16(14)25-17(27)26-18(9-1-2-10-18)12-5-3-6-13(11-12)19(22,23)24/h3-8,11H,1-2,9-10H2,(H2,25,26,27). The molecule has 0 amide bonds. The number of halogens is 5. The first-order valence-electron chi connectivity index (χ1n) is 8.42. The van der Waals surface area contributed by atoms with Crippen molar-refractivity contribution in [3.05, 3.63) is 65.2 Å². The van der Waals surface area contributed by atoms with Crippen LogP contribution in [0.4, 0.5) is 27.6 Å². The van der Waals surface area contributed by atoms with Gasteiger partial charge >= 0.3 is 6.18 Å². The molecule has 27 heavy (non-hydrogen) atoms. The molecule has 0 atom stereocenters. The van der Waals surface area contributed by atoms with Crippen LogP contribution in [0.25, 0.3) is 0 Å². The molecule has 144 valence electrons. The van der Waals surface area contributed by atoms with Gasteiger partial charge in [-0.05, 0) is 54.9 Å². The van der Waals surface area contributed by atoms with Crippen molar-refractivity contribution in [3.8, 4) is 0 Å². The Bertz CT molecular complexity index is 824. The molecule has 0 radical (unpaired) electrons. The van der Waals surface area contributed by atoms with E-state index < -0.39 is 34.6 Å². The van der Waals surface area contributed by atoms with E-state index in [-0.39, 0.29) is 5.11 Å². The van der Waals surface area contributed by atoms with E-state index in [4.69, 9.17) is 12.2 Å². The number of anilines is 1. The van der Waals surface area contributed by atoms with Gasteiger partial charge in [-0.25, -0.2) is 8.78 Å². The van der Waals surface area contributed by atoms with Crippen LogP contribution in [-0.2, 0) is 11.7 Å². The first-order valence-corrected chi connectivity index (χ1v) is 8.83. The lowest BCUT2D eigenvalue weighted by atomic mass is 9.87. The maximum Gasteiger partial charge on any atom is 0.416 e. The summed E-state index contributed by atoms with van der Waals surface area (Å²) in [4.78, 5) is 0. The van der Waals surface area contributed by atoms with Crippen molar-refractivity contribution in [2.24, 2.45) is 0 Å². The van der Waals surface area contributed by atoms with Crippen LogP contribution in [0.5, 0.6) is 0 Å². The summed E-state index contributed by atoms with van der Waals surface area (Å²) in [5, 5.41) is 5.46. The van der Waals surface area contributed by atoms with Crippen LogP contribution in [0, 0.1) is 11.6 Å². The summed E-state index contributed by atoms with van der Waals surface area (Å²) >= 11 is 5.19. The quantitative estimate of drug-likeness (QED) is 0.508. The second-order valence-corrected chi connectivity index (χ2v) is 6.95. The van der Waals surface area contributed by atoms with Gasteiger partial charge in [0, 0.05) is 0 Å². The van der Waals surface area contributed by atoms with Crippen LogP contribution >= 0.6 is 12.2 Å². The van der Waals surface area contributed by atoms with E-state index in [1.807, 2.05) is 0 Å². The average Bonchev–Trinajstić information content (AvgIpc) is 3.07. The maximum absolute atomic E-state index is 13.8. The van der Waals surface area contributed by atoms with E-state index in [0.717, 1.165) is 37.1 Å². The van der Waals surface area contributed by atoms with E-state index >= 15 is 0 Å². The van der Waals surface area contributed by atoms with Crippen LogP contribution in [0.3, 0.4) is 0 Å². The highest BCUT2D eigenvalue weighted by molar-refractivity contribution is 7.80. The number of nitrogens with one attached hydrogen (secondary N) is 2. The molecule has 1 aliphatic carbocycles. The normalized spacial score (nSPS) is 16.2. The zero-order valence-electron chi connectivity index (χ0n) is 14.2. The Kier molecular flexibility index (Phi) is 5.37. The Hall–Kier alpha value is -2.22. The first-order chi connectivity index (χ1) is 12.7. The van der Waals surface area contributed by atoms with Gasteiger partial charge in [-0.2, -0.15) is 13.2 Å². The Morgan fingerprint density at radius 1 is 0.963 bits per heavy atom. The molecule has 1 fully saturated rings. The van der Waals surface area contributed by atoms with Crippen LogP contribution in [0.2, 0.25) is 0 Å². The number of hydrogen-bond acceptors (Lipinski definition) is 1. The van der Waals surface area contributed by atoms with Gasteiger partial charge < -0.3 is 10.6 Å². The molecule has 0 bridgehead atoms. The van der Waals surface area contributed by atoms with E-state index in [1.54, 1.807) is 6.07 Å². The van der Waals surface area contributed by atoms with Gasteiger partial charge in [0.05, 0.1) is 11.1 Å². The zero-order chi connectivity index (χ0) is 19.7. The molecule has 2 aromatic carbocycles. The molecule has 2 nitrogen and oxygen atoms in total. The lowest BCUT2D eigenvalue weighted by molar-refractivity contribution is -0.137. The van der Waals surface area contributed by atoms with Crippen LogP contribution in [-0.4, -0.2) is 5.11 Å². The Morgan fingerprint density at radius 3 is 2.15 bits per heavy atom. The van der Waals surface area contributed by atoms with Gasteiger partial charge in [-0.1, -0.05) is 31.0 Å². The van der Waals surface area contributed by atoms with Crippen molar-refractivity contribution in [2.45, 2.75) is 37.4 Å². The zero-order valence-corrected chi connectivity index (χ0v) is 15.0. The molecule has 0 aromatic heterocycles. The lowest BCUT2D eigenvalue weighted by Gasteiger charge is -2.33. The van der Waals surface area contributed by atoms with Crippen molar-refractivity contribution < 1.29 is 22.0 Å². The average molecular weight is 400 g/mol. The fourth-order valence-electron chi connectivity index (χ4n) is 3.44. The van der Waals surface area contributed by atoms with E-state index in [1.165, 1.54) is 12.1 Å². The molecular weight excluding hydrogens is 383 g/mol. The number of alkyl halides is 3. The fourth-order valence-corrected chi connectivity index (χ4v) is 3.73. The Balaban J connectivity index is 1.87. The maximum atomic E-state index is 13.8. The molecule has 1 saturated carbocycles. The Morgan fingerprint density at radius 2 is 1.56 bits per heavy atom. The van der Waals surface area contributed by atoms with E-state index in [0.29, 0.717) is 18.4 Å². The minimum Gasteiger partial charge on any atom is -0.353 e. The minimum atomic E-state index is -4.45. The molecule has 2 N–H and O–H groups in total. The van der Waals surface area contributed by atoms with Crippen LogP contribution in [0.15, 0.2) is 42.5 Å². The second-order valence-electron chi connectivity index (χ2n) is 6.54. The van der Waals surface area contributed by atoms with Gasteiger partial charge in [-0.3, -0.25) is 0 Å².